The van der Waals surface area contributed by atoms with E-state index in [4.69, 9.17) is 9.47 Å². The maximum absolute atomic E-state index is 16.7. The zero-order valence-electron chi connectivity index (χ0n) is 23.9. The molecule has 3 atom stereocenters. The maximum atomic E-state index is 16.7. The van der Waals surface area contributed by atoms with Crippen molar-refractivity contribution in [2.24, 2.45) is 0 Å². The van der Waals surface area contributed by atoms with E-state index in [1.54, 1.807) is 18.9 Å². The van der Waals surface area contributed by atoms with Gasteiger partial charge < -0.3 is 24.6 Å². The van der Waals surface area contributed by atoms with Crippen LogP contribution in [0.25, 0.3) is 32.9 Å². The Morgan fingerprint density at radius 3 is 2.79 bits per heavy atom. The van der Waals surface area contributed by atoms with Gasteiger partial charge in [-0.15, -0.1) is 0 Å². The lowest BCUT2D eigenvalue weighted by Crippen LogP contribution is -2.43. The van der Waals surface area contributed by atoms with E-state index in [2.05, 4.69) is 19.9 Å². The molecule has 9 nitrogen and oxygen atoms in total. The number of aromatic hydroxyl groups is 1. The minimum absolute atomic E-state index is 0.0261. The highest BCUT2D eigenvalue weighted by atomic mass is 19.1. The molecule has 0 aliphatic carbocycles. The van der Waals surface area contributed by atoms with E-state index in [0.717, 1.165) is 19.4 Å². The Morgan fingerprint density at radius 1 is 1.16 bits per heavy atom. The molecule has 0 bridgehead atoms. The second kappa shape index (κ2) is 10.4. The molecule has 0 saturated carbocycles. The minimum atomic E-state index is -0.941. The fraction of sp³-hybridized carbons (Fsp3) is 0.452. The minimum Gasteiger partial charge on any atom is -0.508 e. The van der Waals surface area contributed by atoms with Gasteiger partial charge >= 0.3 is 6.01 Å². The summed E-state index contributed by atoms with van der Waals surface area (Å²) in [5, 5.41) is 21.8. The van der Waals surface area contributed by atoms with Crippen LogP contribution in [0, 0.1) is 11.6 Å². The number of aliphatic hydroxyl groups is 1. The molecular formula is C31H32F3N5O4. The molecular weight excluding hydrogens is 563 g/mol. The summed E-state index contributed by atoms with van der Waals surface area (Å²) >= 11 is 0. The van der Waals surface area contributed by atoms with Crippen molar-refractivity contribution in [3.63, 3.8) is 0 Å². The largest absolute Gasteiger partial charge is 0.508 e. The zero-order chi connectivity index (χ0) is 30.0. The first-order chi connectivity index (χ1) is 20.7. The lowest BCUT2D eigenvalue weighted by molar-refractivity contribution is 0.107. The van der Waals surface area contributed by atoms with Gasteiger partial charge in [-0.1, -0.05) is 13.0 Å². The summed E-state index contributed by atoms with van der Waals surface area (Å²) in [6.45, 7) is 2.84. The number of halogens is 3. The number of likely N-dealkylation sites (N-methyl/N-ethyl adjacent to an activating group) is 1. The number of phenolic OH excluding ortho intramolecular Hbond substituents is 1. The second-order valence-electron chi connectivity index (χ2n) is 11.7. The first-order valence-electron chi connectivity index (χ1n) is 14.6. The van der Waals surface area contributed by atoms with E-state index in [1.807, 2.05) is 0 Å². The Bertz CT molecular complexity index is 1760. The average Bonchev–Trinajstić information content (AvgIpc) is 3.48. The highest BCUT2D eigenvalue weighted by Gasteiger charge is 2.49. The SMILES string of the molecule is CCc1c(F)ccc2cc(O)cc(-c3nc4c5c(nc(OC[C@@]67CCCN6C[C@H](F)C7)nc5c3F)N(C)[C@H](CO)CO4)c12. The number of aliphatic hydroxyl groups excluding tert-OH is 1. The lowest BCUT2D eigenvalue weighted by Gasteiger charge is -2.31. The Morgan fingerprint density at radius 2 is 2.00 bits per heavy atom. The van der Waals surface area contributed by atoms with Gasteiger partial charge in [0.05, 0.1) is 18.2 Å². The number of nitrogens with zero attached hydrogens (tertiary/aromatic N) is 5. The number of aromatic nitrogens is 3. The normalized spacial score (nSPS) is 23.5. The third kappa shape index (κ3) is 4.41. The van der Waals surface area contributed by atoms with Crippen LogP contribution in [-0.2, 0) is 6.42 Å². The molecule has 3 aliphatic heterocycles. The Hall–Kier alpha value is -3.90. The van der Waals surface area contributed by atoms with Crippen LogP contribution >= 0.6 is 0 Å². The molecule has 226 valence electrons. The molecule has 2 aromatic heterocycles. The van der Waals surface area contributed by atoms with Crippen LogP contribution in [0.1, 0.15) is 31.7 Å². The third-order valence-corrected chi connectivity index (χ3v) is 9.21. The van der Waals surface area contributed by atoms with E-state index in [9.17, 15) is 19.0 Å². The summed E-state index contributed by atoms with van der Waals surface area (Å²) in [7, 11) is 1.71. The fourth-order valence-electron chi connectivity index (χ4n) is 7.02. The third-order valence-electron chi connectivity index (χ3n) is 9.21. The monoisotopic (exact) mass is 595 g/mol. The van der Waals surface area contributed by atoms with Gasteiger partial charge in [-0.3, -0.25) is 4.90 Å². The molecule has 5 heterocycles. The lowest BCUT2D eigenvalue weighted by atomic mass is 9.94. The predicted octanol–water partition coefficient (Wildman–Crippen LogP) is 4.54. The molecule has 0 amide bonds. The smallest absolute Gasteiger partial charge is 0.319 e. The number of hydrogen-bond acceptors (Lipinski definition) is 9. The van der Waals surface area contributed by atoms with E-state index in [1.165, 1.54) is 24.3 Å². The van der Waals surface area contributed by atoms with Crippen LogP contribution in [0.15, 0.2) is 24.3 Å². The second-order valence-corrected chi connectivity index (χ2v) is 11.7. The number of hydrogen-bond donors (Lipinski definition) is 2. The number of fused-ring (bicyclic) bond motifs is 2. The molecule has 2 aromatic carbocycles. The predicted molar refractivity (Wildman–Crippen MR) is 155 cm³/mol. The molecule has 4 aromatic rings. The number of alkyl halides is 1. The number of rotatable bonds is 6. The van der Waals surface area contributed by atoms with Gasteiger partial charge in [0.2, 0.25) is 5.88 Å². The van der Waals surface area contributed by atoms with Gasteiger partial charge in [-0.25, -0.2) is 18.2 Å². The van der Waals surface area contributed by atoms with Crippen molar-refractivity contribution >= 4 is 27.5 Å². The number of phenols is 1. The van der Waals surface area contributed by atoms with Gasteiger partial charge in [0.1, 0.15) is 53.4 Å². The van der Waals surface area contributed by atoms with E-state index in [-0.39, 0.29) is 65.4 Å². The van der Waals surface area contributed by atoms with Crippen LogP contribution in [0.3, 0.4) is 0 Å². The highest BCUT2D eigenvalue weighted by Crippen LogP contribution is 2.44. The van der Waals surface area contributed by atoms with Gasteiger partial charge in [-0.2, -0.15) is 9.97 Å². The van der Waals surface area contributed by atoms with Crippen molar-refractivity contribution < 1.29 is 32.9 Å². The first-order valence-corrected chi connectivity index (χ1v) is 14.6. The van der Waals surface area contributed by atoms with Crippen LogP contribution in [0.5, 0.6) is 17.6 Å². The quantitative estimate of drug-likeness (QED) is 0.333. The molecule has 7 rings (SSSR count). The summed E-state index contributed by atoms with van der Waals surface area (Å²) in [4.78, 5) is 17.4. The Labute approximate surface area is 245 Å². The molecule has 43 heavy (non-hydrogen) atoms. The molecule has 3 aliphatic rings. The topological polar surface area (TPSA) is 104 Å². The molecule has 2 fully saturated rings. The number of aryl methyl sites for hydroxylation is 1. The van der Waals surface area contributed by atoms with Crippen LogP contribution < -0.4 is 14.4 Å². The van der Waals surface area contributed by atoms with Crippen molar-refractivity contribution in [2.75, 3.05) is 44.9 Å². The molecule has 0 spiro atoms. The summed E-state index contributed by atoms with van der Waals surface area (Å²) in [5.41, 5.74) is -0.239. The van der Waals surface area contributed by atoms with Crippen LogP contribution in [-0.4, -0.2) is 87.8 Å². The van der Waals surface area contributed by atoms with Crippen molar-refractivity contribution in [3.8, 4) is 28.9 Å². The van der Waals surface area contributed by atoms with Gasteiger partial charge in [0, 0.05) is 25.6 Å². The van der Waals surface area contributed by atoms with Gasteiger partial charge in [0.25, 0.3) is 0 Å². The first kappa shape index (κ1) is 27.9. The standard InChI is InChI=1S/C31H32F3N5O4/c1-3-20-22(33)6-5-16-9-19(41)10-21(23(16)20)26-25(34)27-24-28(38(2)18(13-40)14-42-29(24)35-26)37-30(36-27)43-15-31-7-4-8-39(31)12-17(32)11-31/h5-6,9-10,17-18,40-41H,3-4,7-8,11-15H2,1-2H3/t17-,18-,31+/m1/s1. The molecule has 12 heteroatoms. The number of pyridine rings is 1. The summed E-state index contributed by atoms with van der Waals surface area (Å²) in [6, 6.07) is 5.07. The van der Waals surface area contributed by atoms with Crippen LogP contribution in [0.2, 0.25) is 0 Å². The Kier molecular flexibility index (Phi) is 6.73. The number of anilines is 1. The van der Waals surface area contributed by atoms with Gasteiger partial charge in [-0.05, 0) is 60.3 Å². The van der Waals surface area contributed by atoms with E-state index >= 15 is 4.39 Å². The van der Waals surface area contributed by atoms with Crippen molar-refractivity contribution in [3.05, 3.63) is 41.5 Å². The van der Waals surface area contributed by atoms with Gasteiger partial charge in [0.15, 0.2) is 5.82 Å². The summed E-state index contributed by atoms with van der Waals surface area (Å²) in [6.07, 6.45) is 1.45. The summed E-state index contributed by atoms with van der Waals surface area (Å²) < 4.78 is 58.2. The van der Waals surface area contributed by atoms with Crippen molar-refractivity contribution in [1.29, 1.82) is 0 Å². The fourth-order valence-corrected chi connectivity index (χ4v) is 7.02. The average molecular weight is 596 g/mol. The van der Waals surface area contributed by atoms with E-state index < -0.39 is 29.4 Å². The number of ether oxygens (including phenoxy) is 2. The highest BCUT2D eigenvalue weighted by molar-refractivity contribution is 6.03. The van der Waals surface area contributed by atoms with Crippen LogP contribution in [0.4, 0.5) is 19.0 Å². The Balaban J connectivity index is 1.43. The molecule has 0 radical (unpaired) electrons. The number of benzene rings is 2. The summed E-state index contributed by atoms with van der Waals surface area (Å²) in [5.74, 6) is -1.11. The molecule has 2 N–H and O–H groups in total. The zero-order valence-corrected chi connectivity index (χ0v) is 23.9. The maximum Gasteiger partial charge on any atom is 0.319 e. The van der Waals surface area contributed by atoms with Crippen molar-refractivity contribution in [1.82, 2.24) is 19.9 Å². The van der Waals surface area contributed by atoms with Crippen molar-refractivity contribution in [2.45, 2.75) is 50.4 Å². The molecule has 0 unspecified atom stereocenters. The molecule has 2 saturated heterocycles. The van der Waals surface area contributed by atoms with E-state index in [0.29, 0.717) is 35.7 Å².